The first-order valence-corrected chi connectivity index (χ1v) is 7.24. The summed E-state index contributed by atoms with van der Waals surface area (Å²) in [5, 5.41) is 0. The second-order valence-corrected chi connectivity index (χ2v) is 6.94. The molecule has 0 unspecified atom stereocenters. The Balaban J connectivity index is 3.40. The van der Waals surface area contributed by atoms with Gasteiger partial charge in [-0.15, -0.1) is 0 Å². The molecule has 0 aliphatic carbocycles. The SMILES string of the molecule is CC(C)Oc1ccc(C(C)(C)C)cc1S(=O)(=O)O. The summed E-state index contributed by atoms with van der Waals surface area (Å²) in [6.45, 7) is 9.51. The van der Waals surface area contributed by atoms with Gasteiger partial charge in [-0.3, -0.25) is 4.55 Å². The first-order valence-electron chi connectivity index (χ1n) is 5.80. The highest BCUT2D eigenvalue weighted by Gasteiger charge is 2.22. The molecule has 0 fully saturated rings. The van der Waals surface area contributed by atoms with Gasteiger partial charge in [-0.25, -0.2) is 0 Å². The molecular formula is C13H20O4S. The Hall–Kier alpha value is -1.07. The zero-order valence-corrected chi connectivity index (χ0v) is 12.2. The molecule has 0 aliphatic heterocycles. The lowest BCUT2D eigenvalue weighted by Crippen LogP contribution is -2.14. The molecule has 0 saturated carbocycles. The zero-order valence-electron chi connectivity index (χ0n) is 11.4. The molecule has 0 aromatic heterocycles. The van der Waals surface area contributed by atoms with E-state index in [0.717, 1.165) is 5.56 Å². The van der Waals surface area contributed by atoms with E-state index in [2.05, 4.69) is 0 Å². The minimum Gasteiger partial charge on any atom is -0.490 e. The van der Waals surface area contributed by atoms with Crippen LogP contribution in [0.5, 0.6) is 5.75 Å². The molecule has 0 atom stereocenters. The van der Waals surface area contributed by atoms with E-state index >= 15 is 0 Å². The van der Waals surface area contributed by atoms with Crippen LogP contribution < -0.4 is 4.74 Å². The van der Waals surface area contributed by atoms with Crippen LogP contribution in [0, 0.1) is 0 Å². The van der Waals surface area contributed by atoms with Crippen molar-refractivity contribution in [1.29, 1.82) is 0 Å². The predicted octanol–water partition coefficient (Wildman–Crippen LogP) is 3.02. The molecular weight excluding hydrogens is 252 g/mol. The van der Waals surface area contributed by atoms with Gasteiger partial charge in [0.2, 0.25) is 0 Å². The van der Waals surface area contributed by atoms with E-state index in [-0.39, 0.29) is 22.2 Å². The second-order valence-electron chi connectivity index (χ2n) is 5.55. The van der Waals surface area contributed by atoms with Crippen LogP contribution >= 0.6 is 0 Å². The summed E-state index contributed by atoms with van der Waals surface area (Å²) >= 11 is 0. The van der Waals surface area contributed by atoms with Crippen LogP contribution in [0.15, 0.2) is 23.1 Å². The summed E-state index contributed by atoms with van der Waals surface area (Å²) in [4.78, 5) is -0.177. The van der Waals surface area contributed by atoms with Crippen LogP contribution in [0.4, 0.5) is 0 Å². The molecule has 4 nitrogen and oxygen atoms in total. The molecule has 1 N–H and O–H groups in total. The molecule has 1 aromatic carbocycles. The normalized spacial score (nSPS) is 12.8. The van der Waals surface area contributed by atoms with Crippen molar-refractivity contribution < 1.29 is 17.7 Å². The molecule has 0 heterocycles. The fourth-order valence-electron chi connectivity index (χ4n) is 1.53. The smallest absolute Gasteiger partial charge is 0.298 e. The maximum absolute atomic E-state index is 11.4. The maximum atomic E-state index is 11.4. The van der Waals surface area contributed by atoms with Crippen LogP contribution in [0.25, 0.3) is 0 Å². The van der Waals surface area contributed by atoms with E-state index in [1.807, 2.05) is 26.8 Å². The van der Waals surface area contributed by atoms with E-state index in [4.69, 9.17) is 4.74 Å². The molecule has 0 aliphatic rings. The maximum Gasteiger partial charge on any atom is 0.298 e. The lowest BCUT2D eigenvalue weighted by atomic mass is 9.87. The topological polar surface area (TPSA) is 63.6 Å². The summed E-state index contributed by atoms with van der Waals surface area (Å²) in [7, 11) is -4.29. The van der Waals surface area contributed by atoms with Gasteiger partial charge in [0.25, 0.3) is 10.1 Å². The van der Waals surface area contributed by atoms with Crippen LogP contribution in [0.1, 0.15) is 40.2 Å². The third kappa shape index (κ3) is 3.71. The highest BCUT2D eigenvalue weighted by molar-refractivity contribution is 7.86. The van der Waals surface area contributed by atoms with Crippen LogP contribution in [0.2, 0.25) is 0 Å². The largest absolute Gasteiger partial charge is 0.490 e. The van der Waals surface area contributed by atoms with E-state index in [1.165, 1.54) is 6.07 Å². The molecule has 0 saturated heterocycles. The highest BCUT2D eigenvalue weighted by atomic mass is 32.2. The Morgan fingerprint density at radius 1 is 1.22 bits per heavy atom. The van der Waals surface area contributed by atoms with Crippen molar-refractivity contribution in [2.45, 2.75) is 51.0 Å². The van der Waals surface area contributed by atoms with E-state index < -0.39 is 10.1 Å². The van der Waals surface area contributed by atoms with Gasteiger partial charge < -0.3 is 4.74 Å². The quantitative estimate of drug-likeness (QED) is 0.859. The summed E-state index contributed by atoms with van der Waals surface area (Å²) in [5.74, 6) is 0.181. The monoisotopic (exact) mass is 272 g/mol. The average molecular weight is 272 g/mol. The molecule has 0 radical (unpaired) electrons. The van der Waals surface area contributed by atoms with Crippen LogP contribution in [0.3, 0.4) is 0 Å². The molecule has 18 heavy (non-hydrogen) atoms. The Kier molecular flexibility index (Phi) is 4.08. The van der Waals surface area contributed by atoms with E-state index in [9.17, 15) is 13.0 Å². The Morgan fingerprint density at radius 2 is 1.78 bits per heavy atom. The number of hydrogen-bond donors (Lipinski definition) is 1. The highest BCUT2D eigenvalue weighted by Crippen LogP contribution is 2.31. The molecule has 0 spiro atoms. The van der Waals surface area contributed by atoms with Crippen molar-refractivity contribution >= 4 is 10.1 Å². The van der Waals surface area contributed by atoms with Crippen molar-refractivity contribution in [3.63, 3.8) is 0 Å². The van der Waals surface area contributed by atoms with E-state index in [1.54, 1.807) is 19.9 Å². The predicted molar refractivity (Wildman–Crippen MR) is 70.7 cm³/mol. The first-order chi connectivity index (χ1) is 8.01. The minimum absolute atomic E-state index is 0.161. The number of rotatable bonds is 3. The van der Waals surface area contributed by atoms with Gasteiger partial charge in [0.1, 0.15) is 10.6 Å². The van der Waals surface area contributed by atoms with Gasteiger partial charge in [0, 0.05) is 0 Å². The lowest BCUT2D eigenvalue weighted by Gasteiger charge is -2.21. The van der Waals surface area contributed by atoms with Gasteiger partial charge in [0.05, 0.1) is 6.10 Å². The molecule has 1 rings (SSSR count). The fourth-order valence-corrected chi connectivity index (χ4v) is 2.17. The van der Waals surface area contributed by atoms with Crippen molar-refractivity contribution in [1.82, 2.24) is 0 Å². The third-order valence-electron chi connectivity index (χ3n) is 2.45. The van der Waals surface area contributed by atoms with Crippen molar-refractivity contribution in [3.05, 3.63) is 23.8 Å². The lowest BCUT2D eigenvalue weighted by molar-refractivity contribution is 0.235. The first kappa shape index (κ1) is 15.0. The second kappa shape index (κ2) is 4.90. The van der Waals surface area contributed by atoms with Crippen LogP contribution in [-0.2, 0) is 15.5 Å². The van der Waals surface area contributed by atoms with Crippen molar-refractivity contribution in [2.75, 3.05) is 0 Å². The molecule has 5 heteroatoms. The molecule has 1 aromatic rings. The van der Waals surface area contributed by atoms with Crippen molar-refractivity contribution in [3.8, 4) is 5.75 Å². The van der Waals surface area contributed by atoms with Crippen LogP contribution in [-0.4, -0.2) is 19.1 Å². The van der Waals surface area contributed by atoms with Gasteiger partial charge in [-0.2, -0.15) is 8.42 Å². The minimum atomic E-state index is -4.29. The number of hydrogen-bond acceptors (Lipinski definition) is 3. The summed E-state index contributed by atoms with van der Waals surface area (Å²) in [6, 6.07) is 4.86. The Bertz CT molecular complexity index is 524. The Labute approximate surface area is 109 Å². The number of benzene rings is 1. The standard InChI is InChI=1S/C13H20O4S/c1-9(2)17-11-7-6-10(13(3,4)5)8-12(11)18(14,15)16/h6-9H,1-5H3,(H,14,15,16). The Morgan fingerprint density at radius 3 is 2.17 bits per heavy atom. The van der Waals surface area contributed by atoms with Gasteiger partial charge in [-0.1, -0.05) is 26.8 Å². The summed E-state index contributed by atoms with van der Waals surface area (Å²) < 4.78 is 37.4. The average Bonchev–Trinajstić information content (AvgIpc) is 2.13. The summed E-state index contributed by atoms with van der Waals surface area (Å²) in [6.07, 6.45) is -0.161. The fraction of sp³-hybridized carbons (Fsp3) is 0.538. The van der Waals surface area contributed by atoms with E-state index in [0.29, 0.717) is 0 Å². The van der Waals surface area contributed by atoms with Crippen molar-refractivity contribution in [2.24, 2.45) is 0 Å². The third-order valence-corrected chi connectivity index (χ3v) is 3.33. The molecule has 0 bridgehead atoms. The number of ether oxygens (including phenoxy) is 1. The zero-order chi connectivity index (χ0) is 14.1. The summed E-state index contributed by atoms with van der Waals surface area (Å²) in [5.41, 5.74) is 0.627. The molecule has 102 valence electrons. The van der Waals surface area contributed by atoms with Gasteiger partial charge in [-0.05, 0) is 37.0 Å². The van der Waals surface area contributed by atoms with Gasteiger partial charge in [0.15, 0.2) is 0 Å². The molecule has 0 amide bonds. The van der Waals surface area contributed by atoms with Gasteiger partial charge >= 0.3 is 0 Å².